The van der Waals surface area contributed by atoms with Gasteiger partial charge in [-0.3, -0.25) is 9.59 Å². The third kappa shape index (κ3) is 6.96. The lowest BCUT2D eigenvalue weighted by Gasteiger charge is -2.07. The summed E-state index contributed by atoms with van der Waals surface area (Å²) in [5, 5.41) is 8.38. The molecule has 140 valence electrons. The van der Waals surface area contributed by atoms with Crippen LogP contribution in [-0.4, -0.2) is 23.3 Å². The van der Waals surface area contributed by atoms with Crippen LogP contribution in [0.1, 0.15) is 46.0 Å². The highest BCUT2D eigenvalue weighted by Gasteiger charge is 2.08. The number of nitrogens with one attached hydrogen (secondary N) is 2. The van der Waals surface area contributed by atoms with Crippen molar-refractivity contribution in [3.05, 3.63) is 35.7 Å². The minimum absolute atomic E-state index is 0.00655. The minimum Gasteiger partial charge on any atom is -0.356 e. The molecule has 26 heavy (non-hydrogen) atoms. The van der Waals surface area contributed by atoms with E-state index in [0.717, 1.165) is 36.9 Å². The van der Waals surface area contributed by atoms with Crippen LogP contribution in [0.4, 0.5) is 5.13 Å². The van der Waals surface area contributed by atoms with E-state index >= 15 is 0 Å². The van der Waals surface area contributed by atoms with Gasteiger partial charge in [-0.2, -0.15) is 0 Å². The zero-order valence-corrected chi connectivity index (χ0v) is 16.3. The van der Waals surface area contributed by atoms with Gasteiger partial charge in [0, 0.05) is 29.8 Å². The molecule has 2 amide bonds. The molecule has 5 nitrogen and oxygen atoms in total. The first-order chi connectivity index (χ1) is 12.6. The second-order valence-electron chi connectivity index (χ2n) is 6.56. The largest absolute Gasteiger partial charge is 0.356 e. The lowest BCUT2D eigenvalue weighted by atomic mass is 10.1. The number of thiazole rings is 1. The first kappa shape index (κ1) is 20.1. The van der Waals surface area contributed by atoms with Gasteiger partial charge in [-0.05, 0) is 12.8 Å². The Morgan fingerprint density at radius 3 is 2.54 bits per heavy atom. The first-order valence-electron chi connectivity index (χ1n) is 9.15. The van der Waals surface area contributed by atoms with Crippen molar-refractivity contribution >= 4 is 28.3 Å². The highest BCUT2D eigenvalue weighted by Crippen LogP contribution is 2.24. The van der Waals surface area contributed by atoms with E-state index in [1.165, 1.54) is 11.3 Å². The summed E-state index contributed by atoms with van der Waals surface area (Å²) in [6, 6.07) is 9.92. The summed E-state index contributed by atoms with van der Waals surface area (Å²) in [7, 11) is 0. The standard InChI is InChI=1S/C20H27N3O2S/c1-15(2)19(25)21-13-9-4-3-8-12-18(24)23-20-22-17(14-26-20)16-10-6-5-7-11-16/h5-7,10-11,14-15H,3-4,8-9,12-13H2,1-2H3,(H,21,25)(H,22,23,24). The van der Waals surface area contributed by atoms with Crippen LogP contribution < -0.4 is 10.6 Å². The van der Waals surface area contributed by atoms with Gasteiger partial charge in [-0.15, -0.1) is 11.3 Å². The second kappa shape index (κ2) is 10.7. The number of hydrogen-bond donors (Lipinski definition) is 2. The number of aromatic nitrogens is 1. The summed E-state index contributed by atoms with van der Waals surface area (Å²) in [4.78, 5) is 27.9. The van der Waals surface area contributed by atoms with E-state index in [9.17, 15) is 9.59 Å². The predicted molar refractivity (Wildman–Crippen MR) is 107 cm³/mol. The lowest BCUT2D eigenvalue weighted by molar-refractivity contribution is -0.124. The Morgan fingerprint density at radius 1 is 1.08 bits per heavy atom. The number of carbonyl (C=O) groups is 2. The lowest BCUT2D eigenvalue weighted by Crippen LogP contribution is -2.28. The zero-order valence-electron chi connectivity index (χ0n) is 15.5. The molecule has 0 aliphatic carbocycles. The van der Waals surface area contributed by atoms with E-state index in [1.54, 1.807) is 0 Å². The van der Waals surface area contributed by atoms with Gasteiger partial charge in [0.15, 0.2) is 5.13 Å². The van der Waals surface area contributed by atoms with Gasteiger partial charge < -0.3 is 10.6 Å². The molecule has 0 spiro atoms. The molecule has 6 heteroatoms. The summed E-state index contributed by atoms with van der Waals surface area (Å²) in [5.41, 5.74) is 1.93. The minimum atomic E-state index is 0.00655. The van der Waals surface area contributed by atoms with Gasteiger partial charge in [-0.1, -0.05) is 57.0 Å². The molecular weight excluding hydrogens is 346 g/mol. The topological polar surface area (TPSA) is 71.1 Å². The van der Waals surface area contributed by atoms with Crippen molar-refractivity contribution in [2.24, 2.45) is 5.92 Å². The van der Waals surface area contributed by atoms with Crippen molar-refractivity contribution in [2.75, 3.05) is 11.9 Å². The summed E-state index contributed by atoms with van der Waals surface area (Å²) >= 11 is 1.44. The van der Waals surface area contributed by atoms with Gasteiger partial charge in [0.2, 0.25) is 11.8 Å². The maximum Gasteiger partial charge on any atom is 0.226 e. The Labute approximate surface area is 159 Å². The van der Waals surface area contributed by atoms with Crippen molar-refractivity contribution in [1.29, 1.82) is 0 Å². The van der Waals surface area contributed by atoms with Crippen LogP contribution in [-0.2, 0) is 9.59 Å². The number of rotatable bonds is 10. The number of carbonyl (C=O) groups excluding carboxylic acids is 2. The molecule has 0 fully saturated rings. The fraction of sp³-hybridized carbons (Fsp3) is 0.450. The van der Waals surface area contributed by atoms with Crippen LogP contribution in [0.25, 0.3) is 11.3 Å². The molecule has 0 atom stereocenters. The van der Waals surface area contributed by atoms with E-state index in [4.69, 9.17) is 0 Å². The van der Waals surface area contributed by atoms with E-state index in [-0.39, 0.29) is 17.7 Å². The number of hydrogen-bond acceptors (Lipinski definition) is 4. The molecule has 0 saturated heterocycles. The van der Waals surface area contributed by atoms with Crippen LogP contribution in [0, 0.1) is 5.92 Å². The molecular formula is C20H27N3O2S. The average molecular weight is 374 g/mol. The molecule has 1 heterocycles. The molecule has 0 bridgehead atoms. The molecule has 0 aliphatic heterocycles. The molecule has 1 aromatic heterocycles. The summed E-state index contributed by atoms with van der Waals surface area (Å²) < 4.78 is 0. The summed E-state index contributed by atoms with van der Waals surface area (Å²) in [6.07, 6.45) is 4.30. The smallest absolute Gasteiger partial charge is 0.226 e. The molecule has 2 N–H and O–H groups in total. The number of anilines is 1. The van der Waals surface area contributed by atoms with Crippen molar-refractivity contribution in [2.45, 2.75) is 46.0 Å². The maximum atomic E-state index is 12.0. The van der Waals surface area contributed by atoms with Crippen LogP contribution in [0.15, 0.2) is 35.7 Å². The summed E-state index contributed by atoms with van der Waals surface area (Å²) in [6.45, 7) is 4.49. The van der Waals surface area contributed by atoms with Crippen molar-refractivity contribution < 1.29 is 9.59 Å². The van der Waals surface area contributed by atoms with E-state index in [1.807, 2.05) is 49.6 Å². The SMILES string of the molecule is CC(C)C(=O)NCCCCCCC(=O)Nc1nc(-c2ccccc2)cs1. The molecule has 0 saturated carbocycles. The monoisotopic (exact) mass is 373 g/mol. The fourth-order valence-electron chi connectivity index (χ4n) is 2.43. The van der Waals surface area contributed by atoms with E-state index in [0.29, 0.717) is 18.1 Å². The van der Waals surface area contributed by atoms with Crippen molar-refractivity contribution in [3.63, 3.8) is 0 Å². The summed E-state index contributed by atoms with van der Waals surface area (Å²) in [5.74, 6) is 0.140. The van der Waals surface area contributed by atoms with Crippen molar-refractivity contribution in [3.8, 4) is 11.3 Å². The zero-order chi connectivity index (χ0) is 18.8. The normalized spacial score (nSPS) is 10.7. The Bertz CT molecular complexity index is 698. The highest BCUT2D eigenvalue weighted by atomic mass is 32.1. The molecule has 0 aliphatic rings. The van der Waals surface area contributed by atoms with E-state index < -0.39 is 0 Å². The maximum absolute atomic E-state index is 12.0. The Kier molecular flexibility index (Phi) is 8.28. The van der Waals surface area contributed by atoms with Gasteiger partial charge in [0.05, 0.1) is 5.69 Å². The number of amides is 2. The van der Waals surface area contributed by atoms with Crippen LogP contribution in [0.2, 0.25) is 0 Å². The van der Waals surface area contributed by atoms with Gasteiger partial charge in [0.1, 0.15) is 0 Å². The molecule has 1 aromatic carbocycles. The second-order valence-corrected chi connectivity index (χ2v) is 7.42. The Balaban J connectivity index is 1.60. The number of nitrogens with zero attached hydrogens (tertiary/aromatic N) is 1. The molecule has 0 radical (unpaired) electrons. The van der Waals surface area contributed by atoms with Crippen LogP contribution >= 0.6 is 11.3 Å². The fourth-order valence-corrected chi connectivity index (χ4v) is 3.17. The van der Waals surface area contributed by atoms with Crippen LogP contribution in [0.5, 0.6) is 0 Å². The van der Waals surface area contributed by atoms with Gasteiger partial charge in [-0.25, -0.2) is 4.98 Å². The van der Waals surface area contributed by atoms with Gasteiger partial charge in [0.25, 0.3) is 0 Å². The predicted octanol–water partition coefficient (Wildman–Crippen LogP) is 4.47. The first-order valence-corrected chi connectivity index (χ1v) is 10.0. The quantitative estimate of drug-likeness (QED) is 0.604. The Hall–Kier alpha value is -2.21. The van der Waals surface area contributed by atoms with Crippen molar-refractivity contribution in [1.82, 2.24) is 10.3 Å². The average Bonchev–Trinajstić information content (AvgIpc) is 3.09. The molecule has 0 unspecified atom stereocenters. The van der Waals surface area contributed by atoms with E-state index in [2.05, 4.69) is 15.6 Å². The highest BCUT2D eigenvalue weighted by molar-refractivity contribution is 7.14. The number of benzene rings is 1. The number of unbranched alkanes of at least 4 members (excludes halogenated alkanes) is 3. The third-order valence-corrected chi connectivity index (χ3v) is 4.73. The molecule has 2 aromatic rings. The van der Waals surface area contributed by atoms with Gasteiger partial charge >= 0.3 is 0 Å². The molecule has 2 rings (SSSR count). The van der Waals surface area contributed by atoms with Crippen LogP contribution in [0.3, 0.4) is 0 Å². The third-order valence-electron chi connectivity index (χ3n) is 3.97. The Morgan fingerprint density at radius 2 is 1.81 bits per heavy atom.